The summed E-state index contributed by atoms with van der Waals surface area (Å²) in [6, 6.07) is 2.03. The summed E-state index contributed by atoms with van der Waals surface area (Å²) in [5, 5.41) is 4.46. The topological polar surface area (TPSA) is 88.1 Å². The zero-order chi connectivity index (χ0) is 16.6. The first-order valence-electron chi connectivity index (χ1n) is 7.34. The van der Waals surface area contributed by atoms with Crippen LogP contribution in [-0.2, 0) is 10.0 Å². The minimum absolute atomic E-state index is 0.141. The van der Waals surface area contributed by atoms with Crippen LogP contribution in [0.1, 0.15) is 18.5 Å². The molecule has 2 aromatic rings. The predicted molar refractivity (Wildman–Crippen MR) is 90.1 cm³/mol. The molecular weight excluding hydrogens is 338 g/mol. The van der Waals surface area contributed by atoms with Gasteiger partial charge in [-0.3, -0.25) is 0 Å². The minimum Gasteiger partial charge on any atom is -0.351 e. The van der Waals surface area contributed by atoms with Crippen LogP contribution in [0, 0.1) is 6.92 Å². The molecule has 9 heteroatoms. The van der Waals surface area contributed by atoms with E-state index in [0.29, 0.717) is 42.5 Å². The van der Waals surface area contributed by atoms with Crippen molar-refractivity contribution in [3.05, 3.63) is 23.1 Å². The third-order valence-corrected chi connectivity index (χ3v) is 5.47. The zero-order valence-corrected chi connectivity index (χ0v) is 14.5. The fourth-order valence-corrected chi connectivity index (χ4v) is 3.87. The van der Waals surface area contributed by atoms with Crippen molar-refractivity contribution in [1.29, 1.82) is 0 Å². The van der Waals surface area contributed by atoms with Crippen LogP contribution < -0.4 is 5.32 Å². The maximum Gasteiger partial charge on any atom is 0.223 e. The van der Waals surface area contributed by atoms with Gasteiger partial charge in [-0.15, -0.1) is 0 Å². The molecule has 0 bridgehead atoms. The molecule has 1 saturated heterocycles. The maximum absolute atomic E-state index is 11.5. The fourth-order valence-electron chi connectivity index (χ4n) is 2.71. The van der Waals surface area contributed by atoms with E-state index in [4.69, 9.17) is 11.6 Å². The molecule has 0 amide bonds. The Morgan fingerprint density at radius 1 is 1.30 bits per heavy atom. The monoisotopic (exact) mass is 355 g/mol. The second-order valence-corrected chi connectivity index (χ2v) is 8.11. The molecular formula is C14H18ClN5O2S. The molecule has 7 nitrogen and oxygen atoms in total. The smallest absolute Gasteiger partial charge is 0.223 e. The van der Waals surface area contributed by atoms with Crippen molar-refractivity contribution in [2.45, 2.75) is 25.8 Å². The number of hydrogen-bond donors (Lipinski definition) is 1. The first-order valence-corrected chi connectivity index (χ1v) is 9.57. The summed E-state index contributed by atoms with van der Waals surface area (Å²) in [6.07, 6.45) is 4.39. The van der Waals surface area contributed by atoms with E-state index in [9.17, 15) is 8.42 Å². The van der Waals surface area contributed by atoms with Crippen molar-refractivity contribution in [3.8, 4) is 0 Å². The van der Waals surface area contributed by atoms with Gasteiger partial charge in [0.1, 0.15) is 5.52 Å². The Bertz CT molecular complexity index is 834. The summed E-state index contributed by atoms with van der Waals surface area (Å²) < 4.78 is 24.5. The molecule has 1 N–H and O–H groups in total. The van der Waals surface area contributed by atoms with Crippen molar-refractivity contribution in [1.82, 2.24) is 19.3 Å². The summed E-state index contributed by atoms with van der Waals surface area (Å²) >= 11 is 6.14. The number of pyridine rings is 1. The number of halogens is 1. The Morgan fingerprint density at radius 3 is 2.65 bits per heavy atom. The predicted octanol–water partition coefficient (Wildman–Crippen LogP) is 1.82. The number of hydrogen-bond acceptors (Lipinski definition) is 6. The van der Waals surface area contributed by atoms with Crippen molar-refractivity contribution in [2.24, 2.45) is 0 Å². The van der Waals surface area contributed by atoms with Crippen molar-refractivity contribution >= 4 is 38.5 Å². The number of nitrogens with one attached hydrogen (secondary N) is 1. The van der Waals surface area contributed by atoms with Gasteiger partial charge in [0.05, 0.1) is 6.26 Å². The van der Waals surface area contributed by atoms with E-state index in [-0.39, 0.29) is 6.04 Å². The van der Waals surface area contributed by atoms with Gasteiger partial charge in [-0.25, -0.2) is 27.7 Å². The maximum atomic E-state index is 11.5. The molecule has 0 aliphatic carbocycles. The second-order valence-electron chi connectivity index (χ2n) is 5.77. The van der Waals surface area contributed by atoms with Gasteiger partial charge < -0.3 is 5.32 Å². The van der Waals surface area contributed by atoms with Gasteiger partial charge >= 0.3 is 0 Å². The number of rotatable bonds is 3. The molecule has 0 saturated carbocycles. The first kappa shape index (κ1) is 16.4. The Balaban J connectivity index is 1.73. The number of anilines is 1. The lowest BCUT2D eigenvalue weighted by Crippen LogP contribution is -2.42. The molecule has 0 spiro atoms. The highest BCUT2D eigenvalue weighted by molar-refractivity contribution is 7.88. The number of sulfonamides is 1. The van der Waals surface area contributed by atoms with E-state index in [2.05, 4.69) is 20.3 Å². The molecule has 1 fully saturated rings. The van der Waals surface area contributed by atoms with Crippen LogP contribution in [-0.4, -0.2) is 53.1 Å². The highest BCUT2D eigenvalue weighted by atomic mass is 35.5. The van der Waals surface area contributed by atoms with Crippen molar-refractivity contribution < 1.29 is 8.42 Å². The molecule has 0 radical (unpaired) electrons. The molecule has 23 heavy (non-hydrogen) atoms. The number of aryl methyl sites for hydroxylation is 1. The Kier molecular flexibility index (Phi) is 4.39. The van der Waals surface area contributed by atoms with Crippen LogP contribution >= 0.6 is 11.6 Å². The highest BCUT2D eigenvalue weighted by Gasteiger charge is 2.25. The lowest BCUT2D eigenvalue weighted by Gasteiger charge is -2.30. The Hall–Kier alpha value is -1.51. The van der Waals surface area contributed by atoms with E-state index < -0.39 is 10.0 Å². The summed E-state index contributed by atoms with van der Waals surface area (Å²) in [7, 11) is -3.11. The molecule has 3 rings (SSSR count). The molecule has 0 unspecified atom stereocenters. The van der Waals surface area contributed by atoms with Crippen LogP contribution in [0.25, 0.3) is 10.9 Å². The summed E-state index contributed by atoms with van der Waals surface area (Å²) in [6.45, 7) is 2.88. The quantitative estimate of drug-likeness (QED) is 0.845. The van der Waals surface area contributed by atoms with E-state index in [1.54, 1.807) is 6.20 Å². The van der Waals surface area contributed by atoms with Crippen LogP contribution in [0.4, 0.5) is 5.95 Å². The van der Waals surface area contributed by atoms with Gasteiger partial charge in [-0.05, 0) is 25.8 Å². The van der Waals surface area contributed by atoms with E-state index in [1.807, 2.05) is 13.0 Å². The van der Waals surface area contributed by atoms with Gasteiger partial charge in [0.25, 0.3) is 0 Å². The number of aromatic nitrogens is 3. The van der Waals surface area contributed by atoms with Crippen molar-refractivity contribution in [3.63, 3.8) is 0 Å². The summed E-state index contributed by atoms with van der Waals surface area (Å²) in [5.74, 6) is 0.489. The third-order valence-electron chi connectivity index (χ3n) is 3.91. The van der Waals surface area contributed by atoms with Gasteiger partial charge in [0, 0.05) is 36.4 Å². The minimum atomic E-state index is -3.11. The molecule has 1 aliphatic heterocycles. The van der Waals surface area contributed by atoms with Gasteiger partial charge in [0.2, 0.25) is 16.0 Å². The standard InChI is InChI=1S/C14H18ClN5O2S/c1-9-7-10-8-16-14(19-12(10)13(15)17-9)18-11-3-5-20(6-4-11)23(2,21)22/h7-8,11H,3-6H2,1-2H3,(H,16,18,19). The third kappa shape index (κ3) is 3.70. The number of nitrogens with zero attached hydrogens (tertiary/aromatic N) is 4. The summed E-state index contributed by atoms with van der Waals surface area (Å²) in [5.41, 5.74) is 1.43. The van der Waals surface area contributed by atoms with Gasteiger partial charge in [-0.1, -0.05) is 11.6 Å². The van der Waals surface area contributed by atoms with Crippen LogP contribution in [0.2, 0.25) is 5.15 Å². The average molecular weight is 356 g/mol. The molecule has 124 valence electrons. The molecule has 2 aromatic heterocycles. The van der Waals surface area contributed by atoms with Gasteiger partial charge in [-0.2, -0.15) is 0 Å². The molecule has 0 aromatic carbocycles. The first-order chi connectivity index (χ1) is 10.8. The average Bonchev–Trinajstić information content (AvgIpc) is 2.47. The molecule has 3 heterocycles. The second kappa shape index (κ2) is 6.18. The normalized spacial score (nSPS) is 17.5. The van der Waals surface area contributed by atoms with E-state index >= 15 is 0 Å². The van der Waals surface area contributed by atoms with E-state index in [1.165, 1.54) is 10.6 Å². The SMILES string of the molecule is Cc1cc2cnc(NC3CCN(S(C)(=O)=O)CC3)nc2c(Cl)n1. The van der Waals surface area contributed by atoms with Crippen LogP contribution in [0.5, 0.6) is 0 Å². The van der Waals surface area contributed by atoms with Crippen LogP contribution in [0.15, 0.2) is 12.3 Å². The molecule has 0 atom stereocenters. The fraction of sp³-hybridized carbons (Fsp3) is 0.500. The van der Waals surface area contributed by atoms with E-state index in [0.717, 1.165) is 11.1 Å². The highest BCUT2D eigenvalue weighted by Crippen LogP contribution is 2.22. The number of piperidine rings is 1. The van der Waals surface area contributed by atoms with Crippen LogP contribution in [0.3, 0.4) is 0 Å². The Morgan fingerprint density at radius 2 is 2.00 bits per heavy atom. The largest absolute Gasteiger partial charge is 0.351 e. The summed E-state index contributed by atoms with van der Waals surface area (Å²) in [4.78, 5) is 12.9. The molecule has 1 aliphatic rings. The van der Waals surface area contributed by atoms with Gasteiger partial charge in [0.15, 0.2) is 5.15 Å². The number of fused-ring (bicyclic) bond motifs is 1. The lowest BCUT2D eigenvalue weighted by molar-refractivity contribution is 0.331. The zero-order valence-electron chi connectivity index (χ0n) is 13.0. The Labute approximate surface area is 140 Å². The lowest BCUT2D eigenvalue weighted by atomic mass is 10.1. The van der Waals surface area contributed by atoms with Crippen molar-refractivity contribution in [2.75, 3.05) is 24.7 Å².